The van der Waals surface area contributed by atoms with Gasteiger partial charge in [-0.3, -0.25) is 0 Å². The molecule has 0 bridgehead atoms. The van der Waals surface area contributed by atoms with E-state index in [9.17, 15) is 0 Å². The fraction of sp³-hybridized carbons (Fsp3) is 0.333. The molecule has 0 spiro atoms. The van der Waals surface area contributed by atoms with Crippen LogP contribution in [0.1, 0.15) is 39.2 Å². The van der Waals surface area contributed by atoms with Gasteiger partial charge in [0.1, 0.15) is 0 Å². The third-order valence-electron chi connectivity index (χ3n) is 3.49. The van der Waals surface area contributed by atoms with Gasteiger partial charge in [-0.25, -0.2) is 0 Å². The summed E-state index contributed by atoms with van der Waals surface area (Å²) in [5.74, 6) is 0.570. The number of hydrogen-bond donors (Lipinski definition) is 1. The fourth-order valence-electron chi connectivity index (χ4n) is 2.39. The van der Waals surface area contributed by atoms with Crippen LogP contribution >= 0.6 is 23.5 Å². The van der Waals surface area contributed by atoms with E-state index in [0.717, 1.165) is 0 Å². The highest BCUT2D eigenvalue weighted by molar-refractivity contribution is 8.00. The highest BCUT2D eigenvalue weighted by Crippen LogP contribution is 2.46. The first-order valence-electron chi connectivity index (χ1n) is 7.42. The number of nitrogens with one attached hydrogen (secondary N) is 1. The molecule has 0 unspecified atom stereocenters. The summed E-state index contributed by atoms with van der Waals surface area (Å²) in [6, 6.07) is 13.5. The number of anilines is 2. The van der Waals surface area contributed by atoms with Crippen molar-refractivity contribution in [2.75, 3.05) is 5.32 Å². The van der Waals surface area contributed by atoms with E-state index in [2.05, 4.69) is 69.4 Å². The Morgan fingerprint density at radius 2 is 1.57 bits per heavy atom. The Bertz CT molecular complexity index is 662. The quantitative estimate of drug-likeness (QED) is 0.553. The normalized spacial score (nSPS) is 13.0. The lowest BCUT2D eigenvalue weighted by Crippen LogP contribution is -2.01. The van der Waals surface area contributed by atoms with E-state index in [1.54, 1.807) is 0 Å². The minimum Gasteiger partial charge on any atom is -0.354 e. The molecular formula is C18H21NS2. The first-order valence-corrected chi connectivity index (χ1v) is 9.12. The Kier molecular flexibility index (Phi) is 4.23. The van der Waals surface area contributed by atoms with Crippen LogP contribution in [-0.4, -0.2) is 5.25 Å². The maximum Gasteiger partial charge on any atom is 0.0527 e. The fourth-order valence-corrected chi connectivity index (χ4v) is 4.41. The molecule has 0 aromatic heterocycles. The van der Waals surface area contributed by atoms with Crippen LogP contribution in [0.15, 0.2) is 51.1 Å². The number of fused-ring (bicyclic) bond motifs is 2. The SMILES string of the molecule is CC(C)Sc1ccc2c(c1)Sc1cc(C(C)C)ccc1N2. The second-order valence-corrected chi connectivity index (χ2v) is 8.70. The average molecular weight is 316 g/mol. The highest BCUT2D eigenvalue weighted by atomic mass is 32.2. The van der Waals surface area contributed by atoms with Gasteiger partial charge in [-0.05, 0) is 41.8 Å². The van der Waals surface area contributed by atoms with Crippen LogP contribution in [-0.2, 0) is 0 Å². The van der Waals surface area contributed by atoms with Gasteiger partial charge in [0.05, 0.1) is 11.4 Å². The van der Waals surface area contributed by atoms with Gasteiger partial charge in [-0.15, -0.1) is 11.8 Å². The molecule has 0 saturated heterocycles. The van der Waals surface area contributed by atoms with Crippen molar-refractivity contribution in [1.82, 2.24) is 0 Å². The molecule has 1 heterocycles. The van der Waals surface area contributed by atoms with E-state index in [1.807, 2.05) is 23.5 Å². The summed E-state index contributed by atoms with van der Waals surface area (Å²) in [4.78, 5) is 4.01. The van der Waals surface area contributed by atoms with Gasteiger partial charge in [0.25, 0.3) is 0 Å². The topological polar surface area (TPSA) is 12.0 Å². The van der Waals surface area contributed by atoms with Crippen molar-refractivity contribution < 1.29 is 0 Å². The molecule has 1 aliphatic heterocycles. The van der Waals surface area contributed by atoms with E-state index in [4.69, 9.17) is 0 Å². The van der Waals surface area contributed by atoms with E-state index in [-0.39, 0.29) is 0 Å². The minimum atomic E-state index is 0.570. The van der Waals surface area contributed by atoms with E-state index >= 15 is 0 Å². The number of rotatable bonds is 3. The van der Waals surface area contributed by atoms with E-state index in [0.29, 0.717) is 11.2 Å². The first kappa shape index (κ1) is 14.9. The molecule has 0 amide bonds. The summed E-state index contributed by atoms with van der Waals surface area (Å²) in [5.41, 5.74) is 3.85. The number of benzene rings is 2. The minimum absolute atomic E-state index is 0.570. The van der Waals surface area contributed by atoms with Crippen molar-refractivity contribution in [2.45, 2.75) is 53.5 Å². The van der Waals surface area contributed by atoms with Gasteiger partial charge in [0.15, 0.2) is 0 Å². The molecule has 0 aliphatic carbocycles. The molecule has 0 radical (unpaired) electrons. The summed E-state index contributed by atoms with van der Waals surface area (Å²) in [7, 11) is 0. The molecule has 0 atom stereocenters. The Hall–Kier alpha value is -1.06. The van der Waals surface area contributed by atoms with E-state index in [1.165, 1.54) is 31.6 Å². The second-order valence-electron chi connectivity index (χ2n) is 5.96. The summed E-state index contributed by atoms with van der Waals surface area (Å²) < 4.78 is 0. The number of thioether (sulfide) groups is 1. The summed E-state index contributed by atoms with van der Waals surface area (Å²) in [5, 5.41) is 4.17. The lowest BCUT2D eigenvalue weighted by atomic mass is 10.0. The highest BCUT2D eigenvalue weighted by Gasteiger charge is 2.17. The molecule has 2 aromatic rings. The lowest BCUT2D eigenvalue weighted by molar-refractivity contribution is 0.862. The predicted molar refractivity (Wildman–Crippen MR) is 95.4 cm³/mol. The van der Waals surface area contributed by atoms with Crippen LogP contribution in [0, 0.1) is 0 Å². The van der Waals surface area contributed by atoms with Crippen molar-refractivity contribution in [1.29, 1.82) is 0 Å². The monoisotopic (exact) mass is 315 g/mol. The maximum atomic E-state index is 3.56. The molecular weight excluding hydrogens is 294 g/mol. The van der Waals surface area contributed by atoms with Crippen molar-refractivity contribution in [3.8, 4) is 0 Å². The zero-order valence-electron chi connectivity index (χ0n) is 12.9. The number of hydrogen-bond acceptors (Lipinski definition) is 3. The standard InChI is InChI=1S/C18H21NS2/c1-11(2)13-5-7-15-17(9-13)21-18-10-14(20-12(3)4)6-8-16(18)19-15/h5-12,19H,1-4H3. The molecule has 1 nitrogen and oxygen atoms in total. The van der Waals surface area contributed by atoms with Crippen LogP contribution in [0.4, 0.5) is 11.4 Å². The van der Waals surface area contributed by atoms with E-state index < -0.39 is 0 Å². The summed E-state index contributed by atoms with van der Waals surface area (Å²) in [6.07, 6.45) is 0. The van der Waals surface area contributed by atoms with Crippen LogP contribution in [0.5, 0.6) is 0 Å². The zero-order valence-corrected chi connectivity index (χ0v) is 14.6. The Labute approximate surface area is 135 Å². The molecule has 0 fully saturated rings. The second kappa shape index (κ2) is 5.98. The predicted octanol–water partition coefficient (Wildman–Crippen LogP) is 6.52. The van der Waals surface area contributed by atoms with Gasteiger partial charge in [-0.2, -0.15) is 0 Å². The van der Waals surface area contributed by atoms with Gasteiger partial charge in [-0.1, -0.05) is 45.5 Å². The molecule has 2 aromatic carbocycles. The average Bonchev–Trinajstić information content (AvgIpc) is 2.43. The largest absolute Gasteiger partial charge is 0.354 e. The molecule has 0 saturated carbocycles. The third kappa shape index (κ3) is 3.24. The molecule has 21 heavy (non-hydrogen) atoms. The Morgan fingerprint density at radius 3 is 2.24 bits per heavy atom. The van der Waals surface area contributed by atoms with Crippen molar-refractivity contribution in [2.24, 2.45) is 0 Å². The third-order valence-corrected chi connectivity index (χ3v) is 5.60. The van der Waals surface area contributed by atoms with Gasteiger partial charge in [0, 0.05) is 19.9 Å². The Morgan fingerprint density at radius 1 is 0.905 bits per heavy atom. The van der Waals surface area contributed by atoms with Crippen molar-refractivity contribution in [3.05, 3.63) is 42.0 Å². The zero-order chi connectivity index (χ0) is 15.0. The van der Waals surface area contributed by atoms with Crippen LogP contribution in [0.2, 0.25) is 0 Å². The van der Waals surface area contributed by atoms with Gasteiger partial charge < -0.3 is 5.32 Å². The van der Waals surface area contributed by atoms with Gasteiger partial charge in [0.2, 0.25) is 0 Å². The van der Waals surface area contributed by atoms with Crippen molar-refractivity contribution >= 4 is 34.9 Å². The first-order chi connectivity index (χ1) is 10.0. The molecule has 110 valence electrons. The lowest BCUT2D eigenvalue weighted by Gasteiger charge is -2.22. The van der Waals surface area contributed by atoms with Crippen LogP contribution in [0.25, 0.3) is 0 Å². The Balaban J connectivity index is 1.92. The van der Waals surface area contributed by atoms with Crippen molar-refractivity contribution in [3.63, 3.8) is 0 Å². The maximum absolute atomic E-state index is 3.56. The summed E-state index contributed by atoms with van der Waals surface area (Å²) in [6.45, 7) is 8.96. The molecule has 1 N–H and O–H groups in total. The molecule has 3 heteroatoms. The van der Waals surface area contributed by atoms with Gasteiger partial charge >= 0.3 is 0 Å². The van der Waals surface area contributed by atoms with Crippen LogP contribution < -0.4 is 5.32 Å². The molecule has 3 rings (SSSR count). The molecule has 1 aliphatic rings. The smallest absolute Gasteiger partial charge is 0.0527 e. The van der Waals surface area contributed by atoms with Crippen LogP contribution in [0.3, 0.4) is 0 Å². The summed E-state index contributed by atoms with van der Waals surface area (Å²) >= 11 is 3.80.